The molecule has 0 aliphatic carbocycles. The molecule has 2 aromatic carbocycles. The smallest absolute Gasteiger partial charge is 0.295 e. The molecule has 0 aliphatic heterocycles. The standard InChI is InChI=1S/C14H16N2O6S2/c1-7-8(2)14(13(6-11(7)16)24(20,21)22)10-4-3-9(15)5-12(10)23(17,18)19/h3-6H,15-16H2,1-2H3,(H,17,18,19)(H,20,21,22). The molecule has 0 aromatic heterocycles. The van der Waals surface area contributed by atoms with Gasteiger partial charge in [-0.3, -0.25) is 9.11 Å². The molecule has 2 aromatic rings. The van der Waals surface area contributed by atoms with Gasteiger partial charge < -0.3 is 11.5 Å². The van der Waals surface area contributed by atoms with E-state index in [9.17, 15) is 25.9 Å². The molecule has 8 nitrogen and oxygen atoms in total. The number of nitrogens with two attached hydrogens (primary N) is 2. The number of anilines is 2. The molecule has 10 heteroatoms. The van der Waals surface area contributed by atoms with Gasteiger partial charge in [0.05, 0.1) is 0 Å². The topological polar surface area (TPSA) is 161 Å². The van der Waals surface area contributed by atoms with Gasteiger partial charge in [-0.1, -0.05) is 6.07 Å². The van der Waals surface area contributed by atoms with Crippen LogP contribution in [0.4, 0.5) is 11.4 Å². The van der Waals surface area contributed by atoms with Crippen molar-refractivity contribution < 1.29 is 25.9 Å². The van der Waals surface area contributed by atoms with Crippen LogP contribution in [0.1, 0.15) is 11.1 Å². The van der Waals surface area contributed by atoms with Gasteiger partial charge in [-0.25, -0.2) is 0 Å². The highest BCUT2D eigenvalue weighted by atomic mass is 32.2. The molecule has 0 bridgehead atoms. The van der Waals surface area contributed by atoms with Gasteiger partial charge in [-0.05, 0) is 43.2 Å². The van der Waals surface area contributed by atoms with E-state index in [0.717, 1.165) is 12.1 Å². The number of hydrogen-bond acceptors (Lipinski definition) is 6. The van der Waals surface area contributed by atoms with Crippen LogP contribution in [0.15, 0.2) is 34.1 Å². The van der Waals surface area contributed by atoms with Crippen molar-refractivity contribution in [2.75, 3.05) is 11.5 Å². The first-order valence-electron chi connectivity index (χ1n) is 6.58. The number of hydrogen-bond donors (Lipinski definition) is 4. The molecule has 0 amide bonds. The average molecular weight is 372 g/mol. The molecular formula is C14H16N2O6S2. The van der Waals surface area contributed by atoms with E-state index < -0.39 is 30.0 Å². The summed E-state index contributed by atoms with van der Waals surface area (Å²) in [5.74, 6) is 0. The summed E-state index contributed by atoms with van der Waals surface area (Å²) in [6, 6.07) is 4.65. The Bertz CT molecular complexity index is 1040. The monoisotopic (exact) mass is 372 g/mol. The molecule has 0 atom stereocenters. The fourth-order valence-electron chi connectivity index (χ4n) is 2.41. The van der Waals surface area contributed by atoms with E-state index in [0.29, 0.717) is 11.1 Å². The first-order valence-corrected chi connectivity index (χ1v) is 9.46. The maximum atomic E-state index is 11.7. The van der Waals surface area contributed by atoms with E-state index in [2.05, 4.69) is 0 Å². The maximum Gasteiger partial charge on any atom is 0.295 e. The molecule has 130 valence electrons. The number of benzene rings is 2. The molecule has 0 radical (unpaired) electrons. The maximum absolute atomic E-state index is 11.7. The first-order chi connectivity index (χ1) is 10.8. The summed E-state index contributed by atoms with van der Waals surface area (Å²) < 4.78 is 65.7. The van der Waals surface area contributed by atoms with Crippen LogP contribution in [0.5, 0.6) is 0 Å². The minimum Gasteiger partial charge on any atom is -0.399 e. The summed E-state index contributed by atoms with van der Waals surface area (Å²) in [5, 5.41) is 0. The third kappa shape index (κ3) is 3.22. The molecule has 0 saturated carbocycles. The van der Waals surface area contributed by atoms with E-state index >= 15 is 0 Å². The van der Waals surface area contributed by atoms with E-state index in [1.165, 1.54) is 19.1 Å². The molecule has 0 aliphatic rings. The summed E-state index contributed by atoms with van der Waals surface area (Å²) in [7, 11) is -9.40. The normalized spacial score (nSPS) is 12.3. The van der Waals surface area contributed by atoms with Crippen molar-refractivity contribution in [2.24, 2.45) is 0 Å². The molecule has 6 N–H and O–H groups in total. The van der Waals surface area contributed by atoms with Crippen LogP contribution in [0.25, 0.3) is 11.1 Å². The van der Waals surface area contributed by atoms with E-state index in [4.69, 9.17) is 11.5 Å². The van der Waals surface area contributed by atoms with Crippen molar-refractivity contribution in [1.29, 1.82) is 0 Å². The SMILES string of the molecule is Cc1c(N)cc(S(=O)(=O)O)c(-c2ccc(N)cc2S(=O)(=O)O)c1C. The lowest BCUT2D eigenvalue weighted by molar-refractivity contribution is 0.480. The van der Waals surface area contributed by atoms with Crippen molar-refractivity contribution in [1.82, 2.24) is 0 Å². The Balaban J connectivity index is 3.07. The van der Waals surface area contributed by atoms with Crippen LogP contribution in [0.2, 0.25) is 0 Å². The van der Waals surface area contributed by atoms with Gasteiger partial charge in [0.2, 0.25) is 0 Å². The second-order valence-corrected chi connectivity index (χ2v) is 8.07. The molecule has 0 heterocycles. The van der Waals surface area contributed by atoms with Crippen LogP contribution < -0.4 is 11.5 Å². The fourth-order valence-corrected chi connectivity index (χ4v) is 3.94. The van der Waals surface area contributed by atoms with Crippen molar-refractivity contribution >= 4 is 31.6 Å². The van der Waals surface area contributed by atoms with E-state index in [-0.39, 0.29) is 22.5 Å². The van der Waals surface area contributed by atoms with E-state index in [1.54, 1.807) is 6.92 Å². The average Bonchev–Trinajstić information content (AvgIpc) is 2.43. The molecule has 24 heavy (non-hydrogen) atoms. The zero-order valence-corrected chi connectivity index (χ0v) is 14.4. The van der Waals surface area contributed by atoms with Gasteiger partial charge >= 0.3 is 0 Å². The lowest BCUT2D eigenvalue weighted by Gasteiger charge is -2.17. The third-order valence-electron chi connectivity index (χ3n) is 3.73. The zero-order chi connectivity index (χ0) is 18.4. The van der Waals surface area contributed by atoms with Crippen LogP contribution in [0, 0.1) is 13.8 Å². The van der Waals surface area contributed by atoms with E-state index in [1.807, 2.05) is 0 Å². The highest BCUT2D eigenvalue weighted by Gasteiger charge is 2.26. The Kier molecular flexibility index (Phi) is 4.35. The Morgan fingerprint density at radius 1 is 0.833 bits per heavy atom. The fraction of sp³-hybridized carbons (Fsp3) is 0.143. The van der Waals surface area contributed by atoms with Crippen molar-refractivity contribution in [3.05, 3.63) is 35.4 Å². The van der Waals surface area contributed by atoms with Crippen LogP contribution in [-0.2, 0) is 20.2 Å². The minimum absolute atomic E-state index is 0.0598. The summed E-state index contributed by atoms with van der Waals surface area (Å²) in [5.41, 5.74) is 12.2. The molecule has 0 unspecified atom stereocenters. The lowest BCUT2D eigenvalue weighted by atomic mass is 9.95. The summed E-state index contributed by atoms with van der Waals surface area (Å²) >= 11 is 0. The van der Waals surface area contributed by atoms with Gasteiger partial charge in [0, 0.05) is 22.5 Å². The Hall–Kier alpha value is -2.14. The predicted octanol–water partition coefficient (Wildman–Crippen LogP) is 1.63. The Morgan fingerprint density at radius 3 is 1.88 bits per heavy atom. The highest BCUT2D eigenvalue weighted by Crippen LogP contribution is 2.39. The summed E-state index contributed by atoms with van der Waals surface area (Å²) in [6.07, 6.45) is 0. The Morgan fingerprint density at radius 2 is 1.38 bits per heavy atom. The van der Waals surface area contributed by atoms with Gasteiger partial charge in [-0.15, -0.1) is 0 Å². The van der Waals surface area contributed by atoms with Gasteiger partial charge in [0.25, 0.3) is 20.2 Å². The van der Waals surface area contributed by atoms with Crippen LogP contribution in [-0.4, -0.2) is 25.9 Å². The molecule has 0 spiro atoms. The van der Waals surface area contributed by atoms with Crippen molar-refractivity contribution in [3.8, 4) is 11.1 Å². The Labute approximate surface area is 139 Å². The molecule has 0 saturated heterocycles. The van der Waals surface area contributed by atoms with Crippen LogP contribution in [0.3, 0.4) is 0 Å². The van der Waals surface area contributed by atoms with Gasteiger partial charge in [0.1, 0.15) is 9.79 Å². The quantitative estimate of drug-likeness (QED) is 0.467. The predicted molar refractivity (Wildman–Crippen MR) is 89.8 cm³/mol. The largest absolute Gasteiger partial charge is 0.399 e. The number of nitrogen functional groups attached to an aromatic ring is 2. The molecular weight excluding hydrogens is 356 g/mol. The first kappa shape index (κ1) is 18.2. The van der Waals surface area contributed by atoms with Gasteiger partial charge in [-0.2, -0.15) is 16.8 Å². The summed E-state index contributed by atoms with van der Waals surface area (Å²) in [4.78, 5) is -1.13. The van der Waals surface area contributed by atoms with Crippen molar-refractivity contribution in [2.45, 2.75) is 23.6 Å². The zero-order valence-electron chi connectivity index (χ0n) is 12.8. The highest BCUT2D eigenvalue weighted by molar-refractivity contribution is 7.86. The third-order valence-corrected chi connectivity index (χ3v) is 5.51. The van der Waals surface area contributed by atoms with Gasteiger partial charge in [0.15, 0.2) is 0 Å². The number of rotatable bonds is 3. The second kappa shape index (κ2) is 5.74. The molecule has 0 fully saturated rings. The van der Waals surface area contributed by atoms with Crippen LogP contribution >= 0.6 is 0 Å². The lowest BCUT2D eigenvalue weighted by Crippen LogP contribution is -2.09. The second-order valence-electron chi connectivity index (χ2n) is 5.29. The summed E-state index contributed by atoms with van der Waals surface area (Å²) in [6.45, 7) is 3.15. The molecule has 2 rings (SSSR count). The minimum atomic E-state index is -4.70. The van der Waals surface area contributed by atoms with Crippen molar-refractivity contribution in [3.63, 3.8) is 0 Å².